The first kappa shape index (κ1) is 20.8. The molecule has 1 heterocycles. The number of hydrogen-bond donors (Lipinski definition) is 1. The summed E-state index contributed by atoms with van der Waals surface area (Å²) in [5.41, 5.74) is -2.97. The van der Waals surface area contributed by atoms with Crippen molar-refractivity contribution >= 4 is 11.9 Å². The van der Waals surface area contributed by atoms with Gasteiger partial charge >= 0.3 is 18.5 Å². The number of para-hydroxylation sites is 1. The van der Waals surface area contributed by atoms with Crippen LogP contribution in [0.5, 0.6) is 5.75 Å². The Morgan fingerprint density at radius 3 is 2.30 bits per heavy atom. The van der Waals surface area contributed by atoms with Crippen LogP contribution < -0.4 is 4.74 Å². The maximum Gasteiger partial charge on any atom is 0.573 e. The third-order valence-corrected chi connectivity index (χ3v) is 4.38. The van der Waals surface area contributed by atoms with E-state index in [0.29, 0.717) is 0 Å². The SMILES string of the molecule is O=C(CCc1ccccc1OC(F)(F)F)N1CCC(C(=O)O)(C(F)(F)F)C1. The van der Waals surface area contributed by atoms with E-state index in [1.807, 2.05) is 0 Å². The van der Waals surface area contributed by atoms with Gasteiger partial charge in [-0.1, -0.05) is 18.2 Å². The summed E-state index contributed by atoms with van der Waals surface area (Å²) in [6, 6.07) is 5.09. The standard InChI is InChI=1S/C16H15F6NO4/c17-15(18,19)14(13(25)26)7-8-23(9-14)12(24)6-5-10-3-1-2-4-11(10)27-16(20,21)22/h1-4H,5-9H2,(H,25,26). The van der Waals surface area contributed by atoms with Crippen LogP contribution in [0, 0.1) is 5.41 Å². The Morgan fingerprint density at radius 1 is 1.15 bits per heavy atom. The second-order valence-corrected chi connectivity index (χ2v) is 6.11. The van der Waals surface area contributed by atoms with E-state index in [2.05, 4.69) is 4.74 Å². The normalized spacial score (nSPS) is 20.6. The molecule has 1 N–H and O–H groups in total. The average molecular weight is 399 g/mol. The zero-order valence-electron chi connectivity index (χ0n) is 13.7. The predicted octanol–water partition coefficient (Wildman–Crippen LogP) is 3.38. The molecule has 0 bridgehead atoms. The van der Waals surface area contributed by atoms with Gasteiger partial charge in [-0.3, -0.25) is 9.59 Å². The summed E-state index contributed by atoms with van der Waals surface area (Å²) in [7, 11) is 0. The quantitative estimate of drug-likeness (QED) is 0.771. The Hall–Kier alpha value is -2.46. The van der Waals surface area contributed by atoms with E-state index in [1.54, 1.807) is 0 Å². The molecule has 11 heteroatoms. The lowest BCUT2D eigenvalue weighted by Crippen LogP contribution is -2.47. The van der Waals surface area contributed by atoms with Gasteiger partial charge in [0.05, 0.1) is 0 Å². The number of carbonyl (C=O) groups is 2. The van der Waals surface area contributed by atoms with Crippen LogP contribution in [-0.2, 0) is 16.0 Å². The highest BCUT2D eigenvalue weighted by Crippen LogP contribution is 2.45. The summed E-state index contributed by atoms with van der Waals surface area (Å²) in [6.07, 6.45) is -11.3. The number of rotatable bonds is 5. The molecule has 2 rings (SSSR count). The van der Waals surface area contributed by atoms with Crippen molar-refractivity contribution in [3.63, 3.8) is 0 Å². The molecule has 0 aromatic heterocycles. The zero-order chi connectivity index (χ0) is 20.5. The molecular weight excluding hydrogens is 384 g/mol. The Balaban J connectivity index is 2.05. The number of alkyl halides is 6. The minimum Gasteiger partial charge on any atom is -0.481 e. The Bertz CT molecular complexity index is 718. The topological polar surface area (TPSA) is 66.8 Å². The first-order valence-electron chi connectivity index (χ1n) is 7.77. The largest absolute Gasteiger partial charge is 0.573 e. The molecule has 1 unspecified atom stereocenters. The highest BCUT2D eigenvalue weighted by atomic mass is 19.4. The Labute approximate surface area is 149 Å². The molecule has 1 saturated heterocycles. The van der Waals surface area contributed by atoms with Gasteiger partial charge in [-0.05, 0) is 24.5 Å². The monoisotopic (exact) mass is 399 g/mol. The third kappa shape index (κ3) is 4.64. The van der Waals surface area contributed by atoms with E-state index in [4.69, 9.17) is 5.11 Å². The number of benzene rings is 1. The van der Waals surface area contributed by atoms with E-state index in [0.717, 1.165) is 11.0 Å². The van der Waals surface area contributed by atoms with Crippen molar-refractivity contribution in [1.82, 2.24) is 4.90 Å². The highest BCUT2D eigenvalue weighted by molar-refractivity contribution is 5.81. The number of aryl methyl sites for hydroxylation is 1. The first-order chi connectivity index (χ1) is 12.4. The number of carboxylic acids is 1. The van der Waals surface area contributed by atoms with Crippen molar-refractivity contribution in [2.45, 2.75) is 31.8 Å². The number of halogens is 6. The molecule has 1 aliphatic rings. The molecule has 1 fully saturated rings. The second kappa shape index (κ2) is 7.28. The van der Waals surface area contributed by atoms with E-state index in [-0.39, 0.29) is 18.4 Å². The van der Waals surface area contributed by atoms with Crippen molar-refractivity contribution < 1.29 is 45.8 Å². The molecule has 1 aliphatic heterocycles. The fourth-order valence-corrected chi connectivity index (χ4v) is 2.88. The fraction of sp³-hybridized carbons (Fsp3) is 0.500. The number of hydrogen-bond acceptors (Lipinski definition) is 3. The molecule has 5 nitrogen and oxygen atoms in total. The number of carboxylic acid groups (broad SMARTS) is 1. The number of likely N-dealkylation sites (tertiary alicyclic amines) is 1. The summed E-state index contributed by atoms with van der Waals surface area (Å²) >= 11 is 0. The summed E-state index contributed by atoms with van der Waals surface area (Å²) in [6.45, 7) is -1.42. The number of carbonyl (C=O) groups excluding carboxylic acids is 1. The molecular formula is C16H15F6NO4. The average Bonchev–Trinajstić information content (AvgIpc) is 2.99. The summed E-state index contributed by atoms with van der Waals surface area (Å²) in [4.78, 5) is 24.0. The highest BCUT2D eigenvalue weighted by Gasteiger charge is 2.64. The first-order valence-corrected chi connectivity index (χ1v) is 7.77. The van der Waals surface area contributed by atoms with Crippen LogP contribution in [0.15, 0.2) is 24.3 Å². The molecule has 0 spiro atoms. The van der Waals surface area contributed by atoms with E-state index >= 15 is 0 Å². The number of ether oxygens (including phenoxy) is 1. The zero-order valence-corrected chi connectivity index (χ0v) is 13.7. The van der Waals surface area contributed by atoms with Crippen molar-refractivity contribution in [2.24, 2.45) is 5.41 Å². The minimum absolute atomic E-state index is 0.0580. The summed E-state index contributed by atoms with van der Waals surface area (Å²) < 4.78 is 80.4. The molecule has 150 valence electrons. The summed E-state index contributed by atoms with van der Waals surface area (Å²) in [5.74, 6) is -3.34. The lowest BCUT2D eigenvalue weighted by atomic mass is 9.86. The van der Waals surface area contributed by atoms with Gasteiger partial charge in [0.25, 0.3) is 0 Å². The third-order valence-electron chi connectivity index (χ3n) is 4.38. The van der Waals surface area contributed by atoms with Gasteiger partial charge in [0.15, 0.2) is 5.41 Å². The molecule has 1 atom stereocenters. The molecule has 0 radical (unpaired) electrons. The van der Waals surface area contributed by atoms with Crippen molar-refractivity contribution in [3.05, 3.63) is 29.8 Å². The number of amides is 1. The lowest BCUT2D eigenvalue weighted by Gasteiger charge is -2.27. The second-order valence-electron chi connectivity index (χ2n) is 6.11. The number of nitrogens with zero attached hydrogens (tertiary/aromatic N) is 1. The minimum atomic E-state index is -5.03. The summed E-state index contributed by atoms with van der Waals surface area (Å²) in [5, 5.41) is 8.97. The van der Waals surface area contributed by atoms with Crippen LogP contribution in [-0.4, -0.2) is 47.5 Å². The van der Waals surface area contributed by atoms with Crippen LogP contribution in [0.1, 0.15) is 18.4 Å². The fourth-order valence-electron chi connectivity index (χ4n) is 2.88. The van der Waals surface area contributed by atoms with Gasteiger partial charge in [-0.25, -0.2) is 0 Å². The van der Waals surface area contributed by atoms with Crippen LogP contribution in [0.25, 0.3) is 0 Å². The molecule has 27 heavy (non-hydrogen) atoms. The van der Waals surface area contributed by atoms with Gasteiger partial charge in [-0.15, -0.1) is 13.2 Å². The van der Waals surface area contributed by atoms with Crippen molar-refractivity contribution in [3.8, 4) is 5.75 Å². The maximum absolute atomic E-state index is 13.1. The smallest absolute Gasteiger partial charge is 0.481 e. The molecule has 1 amide bonds. The molecule has 1 aromatic rings. The predicted molar refractivity (Wildman–Crippen MR) is 78.8 cm³/mol. The van der Waals surface area contributed by atoms with Gasteiger partial charge < -0.3 is 14.7 Å². The van der Waals surface area contributed by atoms with Crippen LogP contribution in [0.2, 0.25) is 0 Å². The maximum atomic E-state index is 13.1. The van der Waals surface area contributed by atoms with Crippen molar-refractivity contribution in [2.75, 3.05) is 13.1 Å². The van der Waals surface area contributed by atoms with Crippen molar-refractivity contribution in [1.29, 1.82) is 0 Å². The van der Waals surface area contributed by atoms with Gasteiger partial charge in [-0.2, -0.15) is 13.2 Å². The van der Waals surface area contributed by atoms with E-state index in [1.165, 1.54) is 18.2 Å². The molecule has 0 aliphatic carbocycles. The van der Waals surface area contributed by atoms with E-state index in [9.17, 15) is 35.9 Å². The Kier molecular flexibility index (Phi) is 5.62. The molecule has 1 aromatic carbocycles. The van der Waals surface area contributed by atoms with Gasteiger partial charge in [0.1, 0.15) is 5.75 Å². The molecule has 0 saturated carbocycles. The van der Waals surface area contributed by atoms with Crippen LogP contribution in [0.4, 0.5) is 26.3 Å². The lowest BCUT2D eigenvalue weighted by molar-refractivity contribution is -0.274. The van der Waals surface area contributed by atoms with E-state index < -0.39 is 55.1 Å². The van der Waals surface area contributed by atoms with Crippen LogP contribution in [0.3, 0.4) is 0 Å². The van der Waals surface area contributed by atoms with Crippen LogP contribution >= 0.6 is 0 Å². The van der Waals surface area contributed by atoms with Gasteiger partial charge in [0, 0.05) is 19.5 Å². The Morgan fingerprint density at radius 2 is 1.78 bits per heavy atom. The number of aliphatic carboxylic acids is 1. The van der Waals surface area contributed by atoms with Gasteiger partial charge in [0.2, 0.25) is 5.91 Å².